The van der Waals surface area contributed by atoms with Crippen molar-refractivity contribution in [1.82, 2.24) is 0 Å². The van der Waals surface area contributed by atoms with E-state index in [9.17, 15) is 14.0 Å². The van der Waals surface area contributed by atoms with Gasteiger partial charge < -0.3 is 22.5 Å². The largest absolute Gasteiger partial charge is 0.366 e. The van der Waals surface area contributed by atoms with Crippen molar-refractivity contribution in [3.05, 3.63) is 124 Å². The molecule has 4 rings (SSSR count). The first-order valence-corrected chi connectivity index (χ1v) is 13.4. The number of anilines is 1. The molecule has 41 heavy (non-hydrogen) atoms. The summed E-state index contributed by atoms with van der Waals surface area (Å²) in [5.74, 6) is 0.0616. The number of rotatable bonds is 11. The van der Waals surface area contributed by atoms with Crippen LogP contribution in [0.1, 0.15) is 58.3 Å². The van der Waals surface area contributed by atoms with Crippen LogP contribution in [-0.4, -0.2) is 12.2 Å². The van der Waals surface area contributed by atoms with Crippen molar-refractivity contribution >= 4 is 17.9 Å². The standard InChI is InChI=1S/C20H23FN2O.C13H13N3O/c1-13-12-17(8-9-18(13)21)20(23,11-10-14-2-3-14)16-6-4-15(5-7-16)19(22)24;1-10(7-14)5-13(9-17)16-12-4-2-3-11(6-12)8-15/h4-9,12,14H,2-3,10-11,23H2,1H3,(H2,22,24);2-6,9,16H,1,8,15H2/b;13-5-. The van der Waals surface area contributed by atoms with Gasteiger partial charge in [-0.3, -0.25) is 9.59 Å². The molecule has 1 saturated carbocycles. The smallest absolute Gasteiger partial charge is 0.248 e. The van der Waals surface area contributed by atoms with Gasteiger partial charge in [0.05, 0.1) is 17.3 Å². The average Bonchev–Trinajstić information content (AvgIpc) is 3.82. The number of halogens is 1. The van der Waals surface area contributed by atoms with Crippen molar-refractivity contribution in [3.63, 3.8) is 0 Å². The molecule has 0 saturated heterocycles. The lowest BCUT2D eigenvalue weighted by Gasteiger charge is -2.31. The van der Waals surface area contributed by atoms with E-state index >= 15 is 0 Å². The van der Waals surface area contributed by atoms with Crippen molar-refractivity contribution in [2.45, 2.75) is 44.7 Å². The number of amides is 1. The van der Waals surface area contributed by atoms with Gasteiger partial charge in [0.25, 0.3) is 0 Å². The van der Waals surface area contributed by atoms with Crippen LogP contribution in [0.15, 0.2) is 90.7 Å². The van der Waals surface area contributed by atoms with Gasteiger partial charge in [-0.25, -0.2) is 4.39 Å². The zero-order valence-electron chi connectivity index (χ0n) is 23.2. The topological polar surface area (TPSA) is 148 Å². The van der Waals surface area contributed by atoms with Crippen LogP contribution < -0.4 is 22.5 Å². The first-order chi connectivity index (χ1) is 19.6. The SMILES string of the molecule is C=C(C#N)/C=C(/C=O)Nc1cccc(CN)c1.Cc1cc(C(N)(CCC2CC2)c2ccc(C(N)=O)cc2)ccc1F. The fourth-order valence-corrected chi connectivity index (χ4v) is 4.41. The molecule has 0 spiro atoms. The quantitative estimate of drug-likeness (QED) is 0.109. The number of carbonyl (C=O) groups is 2. The van der Waals surface area contributed by atoms with Gasteiger partial charge in [0.15, 0.2) is 6.29 Å². The molecule has 7 N–H and O–H groups in total. The molecule has 0 aliphatic heterocycles. The van der Waals surface area contributed by atoms with Crippen molar-refractivity contribution in [2.24, 2.45) is 23.1 Å². The van der Waals surface area contributed by atoms with Crippen molar-refractivity contribution in [2.75, 3.05) is 5.32 Å². The number of aryl methyl sites for hydroxylation is 1. The zero-order chi connectivity index (χ0) is 30.0. The second kappa shape index (κ2) is 14.2. The zero-order valence-corrected chi connectivity index (χ0v) is 23.2. The number of nitrogens with zero attached hydrogens (tertiary/aromatic N) is 1. The highest BCUT2D eigenvalue weighted by molar-refractivity contribution is 5.92. The number of allylic oxidation sites excluding steroid dienone is 3. The van der Waals surface area contributed by atoms with Gasteiger partial charge in [-0.2, -0.15) is 5.26 Å². The highest BCUT2D eigenvalue weighted by Crippen LogP contribution is 2.40. The number of nitrogens with one attached hydrogen (secondary N) is 1. The lowest BCUT2D eigenvalue weighted by molar-refractivity contribution is -0.104. The molecular weight excluding hydrogens is 517 g/mol. The maximum atomic E-state index is 13.7. The Bertz CT molecular complexity index is 1470. The Balaban J connectivity index is 0.000000241. The average molecular weight is 554 g/mol. The number of carbonyl (C=O) groups excluding carboxylic acids is 2. The summed E-state index contributed by atoms with van der Waals surface area (Å²) in [6.45, 7) is 5.66. The second-order valence-corrected chi connectivity index (χ2v) is 10.2. The molecule has 3 aromatic carbocycles. The molecule has 0 heterocycles. The van der Waals surface area contributed by atoms with Crippen LogP contribution in [0, 0.1) is 30.0 Å². The second-order valence-electron chi connectivity index (χ2n) is 10.2. The van der Waals surface area contributed by atoms with Crippen LogP contribution in [0.3, 0.4) is 0 Å². The molecule has 1 aliphatic carbocycles. The van der Waals surface area contributed by atoms with Gasteiger partial charge in [0.2, 0.25) is 5.91 Å². The maximum Gasteiger partial charge on any atom is 0.248 e. The van der Waals surface area contributed by atoms with E-state index in [-0.39, 0.29) is 17.1 Å². The van der Waals surface area contributed by atoms with Crippen molar-refractivity contribution < 1.29 is 14.0 Å². The molecule has 0 aromatic heterocycles. The summed E-state index contributed by atoms with van der Waals surface area (Å²) in [6.07, 6.45) is 6.39. The van der Waals surface area contributed by atoms with Crippen LogP contribution in [0.4, 0.5) is 10.1 Å². The van der Waals surface area contributed by atoms with E-state index < -0.39 is 11.4 Å². The van der Waals surface area contributed by atoms with E-state index in [4.69, 9.17) is 22.5 Å². The van der Waals surface area contributed by atoms with Gasteiger partial charge in [0, 0.05) is 23.4 Å². The lowest BCUT2D eigenvalue weighted by atomic mass is 9.79. The molecule has 3 aromatic rings. The Morgan fingerprint density at radius 1 is 1.15 bits per heavy atom. The van der Waals surface area contributed by atoms with E-state index in [0.29, 0.717) is 24.0 Å². The van der Waals surface area contributed by atoms with Crippen LogP contribution in [0.5, 0.6) is 0 Å². The summed E-state index contributed by atoms with van der Waals surface area (Å²) in [6, 6.07) is 21.4. The first-order valence-electron chi connectivity index (χ1n) is 13.4. The third-order valence-electron chi connectivity index (χ3n) is 7.05. The van der Waals surface area contributed by atoms with Gasteiger partial charge >= 0.3 is 0 Å². The molecule has 0 radical (unpaired) electrons. The number of aldehydes is 1. The van der Waals surface area contributed by atoms with Crippen LogP contribution >= 0.6 is 0 Å². The molecule has 1 unspecified atom stereocenters. The van der Waals surface area contributed by atoms with E-state index in [1.54, 1.807) is 25.1 Å². The predicted molar refractivity (Wildman–Crippen MR) is 160 cm³/mol. The fourth-order valence-electron chi connectivity index (χ4n) is 4.41. The Morgan fingerprint density at radius 2 is 1.83 bits per heavy atom. The maximum absolute atomic E-state index is 13.7. The monoisotopic (exact) mass is 553 g/mol. The summed E-state index contributed by atoms with van der Waals surface area (Å²) in [4.78, 5) is 22.1. The Labute approximate surface area is 240 Å². The highest BCUT2D eigenvalue weighted by Gasteiger charge is 2.33. The minimum Gasteiger partial charge on any atom is -0.366 e. The van der Waals surface area contributed by atoms with E-state index in [0.717, 1.165) is 41.1 Å². The summed E-state index contributed by atoms with van der Waals surface area (Å²) >= 11 is 0. The van der Waals surface area contributed by atoms with Crippen LogP contribution in [0.25, 0.3) is 0 Å². The number of benzene rings is 3. The normalized spacial score (nSPS) is 14.1. The van der Waals surface area contributed by atoms with Gasteiger partial charge in [-0.15, -0.1) is 0 Å². The number of nitrogens with two attached hydrogens (primary N) is 3. The fraction of sp³-hybridized carbons (Fsp3) is 0.242. The van der Waals surface area contributed by atoms with E-state index in [2.05, 4.69) is 11.9 Å². The number of primary amides is 1. The van der Waals surface area contributed by atoms with Gasteiger partial charge in [-0.05, 0) is 84.3 Å². The summed E-state index contributed by atoms with van der Waals surface area (Å²) in [7, 11) is 0. The third kappa shape index (κ3) is 8.70. The van der Waals surface area contributed by atoms with Crippen molar-refractivity contribution in [1.29, 1.82) is 5.26 Å². The lowest BCUT2D eigenvalue weighted by Crippen LogP contribution is -2.38. The third-order valence-corrected chi connectivity index (χ3v) is 7.05. The number of hydrogen-bond donors (Lipinski definition) is 4. The number of hydrogen-bond acceptors (Lipinski definition) is 6. The molecule has 1 fully saturated rings. The molecule has 8 heteroatoms. The Kier molecular flexibility index (Phi) is 10.7. The molecular formula is C33H36FN5O2. The minimum absolute atomic E-state index is 0.217. The summed E-state index contributed by atoms with van der Waals surface area (Å²) in [5.41, 5.74) is 22.0. The Morgan fingerprint density at radius 3 is 2.39 bits per heavy atom. The first kappa shape index (κ1) is 31.0. The molecule has 1 atom stereocenters. The molecule has 212 valence electrons. The van der Waals surface area contributed by atoms with Crippen LogP contribution in [-0.2, 0) is 16.9 Å². The van der Waals surface area contributed by atoms with Gasteiger partial charge in [0.1, 0.15) is 5.82 Å². The van der Waals surface area contributed by atoms with Crippen molar-refractivity contribution in [3.8, 4) is 6.07 Å². The molecule has 0 bridgehead atoms. The summed E-state index contributed by atoms with van der Waals surface area (Å²) in [5, 5.41) is 11.5. The highest BCUT2D eigenvalue weighted by atomic mass is 19.1. The Hall–Kier alpha value is -4.58. The molecule has 1 amide bonds. The summed E-state index contributed by atoms with van der Waals surface area (Å²) < 4.78 is 13.7. The van der Waals surface area contributed by atoms with Gasteiger partial charge in [-0.1, -0.05) is 55.8 Å². The molecule has 1 aliphatic rings. The minimum atomic E-state index is -0.697. The molecule has 7 nitrogen and oxygen atoms in total. The van der Waals surface area contributed by atoms with Crippen LogP contribution in [0.2, 0.25) is 0 Å². The number of nitriles is 1. The van der Waals surface area contributed by atoms with E-state index in [1.165, 1.54) is 25.0 Å². The van der Waals surface area contributed by atoms with E-state index in [1.807, 2.05) is 48.5 Å². The predicted octanol–water partition coefficient (Wildman–Crippen LogP) is 5.35.